The summed E-state index contributed by atoms with van der Waals surface area (Å²) in [4.78, 5) is 25.3. The van der Waals surface area contributed by atoms with Crippen molar-refractivity contribution in [3.8, 4) is 28.7 Å². The number of amides is 2. The summed E-state index contributed by atoms with van der Waals surface area (Å²) in [5.41, 5.74) is 5.15. The van der Waals surface area contributed by atoms with Crippen molar-refractivity contribution in [1.82, 2.24) is 5.43 Å². The summed E-state index contributed by atoms with van der Waals surface area (Å²) < 4.78 is 28.9. The molecule has 4 aromatic carbocycles. The van der Waals surface area contributed by atoms with Crippen LogP contribution < -0.4 is 34.4 Å². The normalized spacial score (nSPS) is 10.7. The van der Waals surface area contributed by atoms with E-state index in [2.05, 4.69) is 31.8 Å². The van der Waals surface area contributed by atoms with Gasteiger partial charge in [0.15, 0.2) is 29.6 Å². The monoisotopic (exact) mass is 675 g/mol. The van der Waals surface area contributed by atoms with Gasteiger partial charge >= 0.3 is 0 Å². The molecule has 2 amide bonds. The van der Waals surface area contributed by atoms with Crippen LogP contribution in [0.3, 0.4) is 0 Å². The van der Waals surface area contributed by atoms with Crippen molar-refractivity contribution in [2.24, 2.45) is 5.10 Å². The van der Waals surface area contributed by atoms with E-state index in [0.29, 0.717) is 69.9 Å². The number of ether oxygens (including phenoxy) is 5. The van der Waals surface area contributed by atoms with Crippen LogP contribution in [-0.2, 0) is 11.4 Å². The number of hydrogen-bond donors (Lipinski definition) is 2. The number of halogens is 1. The molecule has 0 heterocycles. The molecule has 234 valence electrons. The Morgan fingerprint density at radius 1 is 0.822 bits per heavy atom. The Kier molecular flexibility index (Phi) is 12.2. The number of benzene rings is 4. The van der Waals surface area contributed by atoms with Gasteiger partial charge in [0.1, 0.15) is 12.4 Å². The maximum absolute atomic E-state index is 12.9. The molecule has 0 aliphatic rings. The number of hydrogen-bond acceptors (Lipinski definition) is 8. The van der Waals surface area contributed by atoms with Gasteiger partial charge in [-0.1, -0.05) is 30.3 Å². The first-order chi connectivity index (χ1) is 21.9. The Morgan fingerprint density at radius 2 is 1.56 bits per heavy atom. The van der Waals surface area contributed by atoms with Crippen LogP contribution in [0.4, 0.5) is 5.69 Å². The van der Waals surface area contributed by atoms with Gasteiger partial charge < -0.3 is 29.0 Å². The summed E-state index contributed by atoms with van der Waals surface area (Å²) in [5, 5.41) is 6.88. The van der Waals surface area contributed by atoms with Gasteiger partial charge in [-0.25, -0.2) is 5.43 Å². The van der Waals surface area contributed by atoms with Gasteiger partial charge in [0.05, 0.1) is 31.0 Å². The van der Waals surface area contributed by atoms with Gasteiger partial charge in [-0.2, -0.15) is 5.10 Å². The average molecular weight is 677 g/mol. The zero-order valence-electron chi connectivity index (χ0n) is 25.2. The Hall–Kier alpha value is -5.03. The average Bonchev–Trinajstić information content (AvgIpc) is 3.05. The highest BCUT2D eigenvalue weighted by Crippen LogP contribution is 2.36. The van der Waals surface area contributed by atoms with Crippen molar-refractivity contribution in [2.45, 2.75) is 20.5 Å². The largest absolute Gasteiger partial charge is 0.497 e. The van der Waals surface area contributed by atoms with Gasteiger partial charge in [0.2, 0.25) is 0 Å². The van der Waals surface area contributed by atoms with Crippen LogP contribution in [0.15, 0.2) is 94.5 Å². The number of nitrogens with zero attached hydrogens (tertiary/aromatic N) is 1. The molecule has 0 radical (unpaired) electrons. The molecular weight excluding hydrogens is 642 g/mol. The molecule has 10 nitrogen and oxygen atoms in total. The lowest BCUT2D eigenvalue weighted by Gasteiger charge is -2.14. The first-order valence-corrected chi connectivity index (χ1v) is 15.0. The van der Waals surface area contributed by atoms with Crippen LogP contribution in [0, 0.1) is 0 Å². The maximum atomic E-state index is 12.9. The minimum Gasteiger partial charge on any atom is -0.497 e. The Balaban J connectivity index is 1.38. The number of carbonyl (C=O) groups excluding carboxylic acids is 2. The van der Waals surface area contributed by atoms with Gasteiger partial charge in [-0.15, -0.1) is 0 Å². The van der Waals surface area contributed by atoms with Crippen LogP contribution in [0.5, 0.6) is 28.7 Å². The van der Waals surface area contributed by atoms with E-state index in [-0.39, 0.29) is 12.5 Å². The molecule has 0 aliphatic carbocycles. The van der Waals surface area contributed by atoms with Crippen LogP contribution in [-0.4, -0.2) is 45.0 Å². The van der Waals surface area contributed by atoms with Gasteiger partial charge in [-0.05, 0) is 95.5 Å². The third-order valence-corrected chi connectivity index (χ3v) is 6.76. The second-order valence-electron chi connectivity index (χ2n) is 9.40. The number of hydrazone groups is 1. The predicted molar refractivity (Wildman–Crippen MR) is 176 cm³/mol. The first kappa shape index (κ1) is 32.9. The minimum atomic E-state index is -0.422. The molecule has 0 saturated heterocycles. The molecule has 0 aliphatic heterocycles. The fraction of sp³-hybridized carbons (Fsp3) is 0.206. The first-order valence-electron chi connectivity index (χ1n) is 14.2. The molecule has 0 unspecified atom stereocenters. The Labute approximate surface area is 270 Å². The SMILES string of the molecule is CCOc1cc(C(=O)N/N=C/c2cc(Br)c(OCC(=O)Nc3ccc(OC)cc3)c(OCC)c2)ccc1OCc1ccccc1. The number of anilines is 1. The highest BCUT2D eigenvalue weighted by molar-refractivity contribution is 9.10. The fourth-order valence-corrected chi connectivity index (χ4v) is 4.65. The highest BCUT2D eigenvalue weighted by Gasteiger charge is 2.15. The second kappa shape index (κ2) is 16.7. The van der Waals surface area contributed by atoms with Gasteiger partial charge in [-0.3, -0.25) is 9.59 Å². The lowest BCUT2D eigenvalue weighted by molar-refractivity contribution is -0.118. The topological polar surface area (TPSA) is 117 Å². The van der Waals surface area contributed by atoms with Crippen molar-refractivity contribution in [2.75, 3.05) is 32.2 Å². The van der Waals surface area contributed by atoms with Gasteiger partial charge in [0.25, 0.3) is 11.8 Å². The molecule has 11 heteroatoms. The van der Waals surface area contributed by atoms with Crippen molar-refractivity contribution in [3.05, 3.63) is 106 Å². The van der Waals surface area contributed by atoms with E-state index < -0.39 is 5.91 Å². The quantitative estimate of drug-likeness (QED) is 0.108. The molecule has 4 rings (SSSR count). The van der Waals surface area contributed by atoms with E-state index in [4.69, 9.17) is 23.7 Å². The summed E-state index contributed by atoms with van der Waals surface area (Å²) in [5.74, 6) is 1.69. The zero-order valence-corrected chi connectivity index (χ0v) is 26.8. The van der Waals surface area contributed by atoms with E-state index >= 15 is 0 Å². The molecule has 0 saturated carbocycles. The lowest BCUT2D eigenvalue weighted by Crippen LogP contribution is -2.20. The van der Waals surface area contributed by atoms with Crippen LogP contribution in [0.25, 0.3) is 0 Å². The number of rotatable bonds is 15. The van der Waals surface area contributed by atoms with Crippen LogP contribution in [0.2, 0.25) is 0 Å². The van der Waals surface area contributed by atoms with E-state index in [0.717, 1.165) is 5.56 Å². The highest BCUT2D eigenvalue weighted by atomic mass is 79.9. The van der Waals surface area contributed by atoms with E-state index in [9.17, 15) is 9.59 Å². The summed E-state index contributed by atoms with van der Waals surface area (Å²) in [6, 6.07) is 25.2. The summed E-state index contributed by atoms with van der Waals surface area (Å²) in [6.07, 6.45) is 1.48. The maximum Gasteiger partial charge on any atom is 0.271 e. The Morgan fingerprint density at radius 3 is 2.27 bits per heavy atom. The van der Waals surface area contributed by atoms with Gasteiger partial charge in [0, 0.05) is 11.3 Å². The molecule has 0 aromatic heterocycles. The molecule has 0 fully saturated rings. The molecule has 0 atom stereocenters. The van der Waals surface area contributed by atoms with Crippen LogP contribution in [0.1, 0.15) is 35.3 Å². The predicted octanol–water partition coefficient (Wildman–Crippen LogP) is 6.62. The van der Waals surface area contributed by atoms with Crippen molar-refractivity contribution in [3.63, 3.8) is 0 Å². The molecule has 2 N–H and O–H groups in total. The third-order valence-electron chi connectivity index (χ3n) is 6.18. The Bertz CT molecular complexity index is 1610. The number of methoxy groups -OCH3 is 1. The summed E-state index contributed by atoms with van der Waals surface area (Å²) in [6.45, 7) is 4.61. The van der Waals surface area contributed by atoms with Crippen molar-refractivity contribution < 1.29 is 33.3 Å². The van der Waals surface area contributed by atoms with E-state index in [1.54, 1.807) is 61.7 Å². The zero-order chi connectivity index (χ0) is 32.0. The number of carbonyl (C=O) groups is 2. The molecule has 4 aromatic rings. The number of nitrogens with one attached hydrogen (secondary N) is 2. The molecular formula is C34H34BrN3O7. The van der Waals surface area contributed by atoms with E-state index in [1.807, 2.05) is 44.2 Å². The second-order valence-corrected chi connectivity index (χ2v) is 10.3. The smallest absolute Gasteiger partial charge is 0.271 e. The fourth-order valence-electron chi connectivity index (χ4n) is 4.08. The standard InChI is InChI=1S/C34H34BrN3O7/c1-4-42-30-19-25(11-16-29(30)44-21-23-9-7-6-8-10-23)34(40)38-36-20-24-17-28(35)33(31(18-24)43-5-2)45-22-32(39)37-26-12-14-27(41-3)15-13-26/h6-20H,4-5,21-22H2,1-3H3,(H,37,39)(H,38,40)/b36-20+. The molecule has 0 spiro atoms. The third kappa shape index (κ3) is 9.73. The van der Waals surface area contributed by atoms with Crippen molar-refractivity contribution in [1.29, 1.82) is 0 Å². The van der Waals surface area contributed by atoms with E-state index in [1.165, 1.54) is 6.21 Å². The summed E-state index contributed by atoms with van der Waals surface area (Å²) >= 11 is 3.49. The lowest BCUT2D eigenvalue weighted by atomic mass is 10.2. The van der Waals surface area contributed by atoms with Crippen LogP contribution >= 0.6 is 15.9 Å². The minimum absolute atomic E-state index is 0.242. The molecule has 0 bridgehead atoms. The summed E-state index contributed by atoms with van der Waals surface area (Å²) in [7, 11) is 1.57. The molecule has 45 heavy (non-hydrogen) atoms. The van der Waals surface area contributed by atoms with Crippen molar-refractivity contribution >= 4 is 39.6 Å².